The first-order valence-corrected chi connectivity index (χ1v) is 9.79. The monoisotopic (exact) mass is 399 g/mol. The molecule has 0 saturated heterocycles. The third kappa shape index (κ3) is 7.09. The highest BCUT2D eigenvalue weighted by Crippen LogP contribution is 2.34. The van der Waals surface area contributed by atoms with Gasteiger partial charge in [0.05, 0.1) is 18.7 Å². The number of esters is 1. The number of hydrogen-bond donors (Lipinski definition) is 2. The molecule has 0 amide bonds. The highest BCUT2D eigenvalue weighted by molar-refractivity contribution is 7.74. The molecular weight excluding hydrogens is 374 g/mol. The molecule has 0 bridgehead atoms. The van der Waals surface area contributed by atoms with Gasteiger partial charge in [-0.15, -0.1) is 0 Å². The highest BCUT2D eigenvalue weighted by Gasteiger charge is 2.26. The van der Waals surface area contributed by atoms with Crippen LogP contribution in [0.2, 0.25) is 0 Å². The number of rotatable bonds is 9. The van der Waals surface area contributed by atoms with Crippen LogP contribution in [0.4, 0.5) is 5.69 Å². The topological polar surface area (TPSA) is 110 Å². The van der Waals surface area contributed by atoms with Crippen molar-refractivity contribution in [1.29, 1.82) is 0 Å². The summed E-state index contributed by atoms with van der Waals surface area (Å²) in [6, 6.07) is 4.53. The number of carbonyl (C=O) groups excluding carboxylic acids is 1. The van der Waals surface area contributed by atoms with E-state index in [-0.39, 0.29) is 12.1 Å². The Hall–Kier alpha value is -2.29. The Labute approximate surface area is 160 Å². The van der Waals surface area contributed by atoms with E-state index in [0.29, 0.717) is 23.8 Å². The minimum atomic E-state index is -3.17. The fraction of sp³-hybridized carbons (Fsp3) is 0.556. The SMILES string of the molecule is CC(C)(C)OC(=O)CN(c1cc(CC(=O)O)ccc1OCC1CC1)[SH](=O)=O. The second-order valence-corrected chi connectivity index (χ2v) is 8.47. The van der Waals surface area contributed by atoms with Crippen molar-refractivity contribution in [3.63, 3.8) is 0 Å². The number of ether oxygens (including phenoxy) is 2. The number of carboxylic acid groups (broad SMARTS) is 1. The van der Waals surface area contributed by atoms with Gasteiger partial charge in [-0.1, -0.05) is 6.07 Å². The smallest absolute Gasteiger partial charge is 0.327 e. The summed E-state index contributed by atoms with van der Waals surface area (Å²) in [4.78, 5) is 23.1. The zero-order valence-corrected chi connectivity index (χ0v) is 16.5. The van der Waals surface area contributed by atoms with E-state index in [4.69, 9.17) is 14.6 Å². The lowest BCUT2D eigenvalue weighted by Gasteiger charge is -2.24. The molecule has 0 aromatic heterocycles. The summed E-state index contributed by atoms with van der Waals surface area (Å²) in [5.41, 5.74) is -0.216. The molecule has 8 nitrogen and oxygen atoms in total. The zero-order valence-electron chi connectivity index (χ0n) is 15.6. The van der Waals surface area contributed by atoms with Gasteiger partial charge < -0.3 is 14.6 Å². The Morgan fingerprint density at radius 2 is 1.93 bits per heavy atom. The Morgan fingerprint density at radius 1 is 1.26 bits per heavy atom. The van der Waals surface area contributed by atoms with Crippen molar-refractivity contribution < 1.29 is 32.6 Å². The Kier molecular flexibility index (Phi) is 6.69. The van der Waals surface area contributed by atoms with Crippen LogP contribution in [0, 0.1) is 5.92 Å². The molecule has 1 fully saturated rings. The van der Waals surface area contributed by atoms with Crippen LogP contribution in [-0.2, 0) is 31.6 Å². The third-order valence-corrected chi connectivity index (χ3v) is 4.48. The van der Waals surface area contributed by atoms with Gasteiger partial charge in [0.1, 0.15) is 17.9 Å². The highest BCUT2D eigenvalue weighted by atomic mass is 32.2. The van der Waals surface area contributed by atoms with Gasteiger partial charge in [0.2, 0.25) is 10.9 Å². The van der Waals surface area contributed by atoms with Crippen molar-refractivity contribution in [1.82, 2.24) is 0 Å². The van der Waals surface area contributed by atoms with Crippen LogP contribution in [0.15, 0.2) is 18.2 Å². The molecule has 1 aliphatic rings. The second-order valence-electron chi connectivity index (χ2n) is 7.51. The summed E-state index contributed by atoms with van der Waals surface area (Å²) >= 11 is 0. The van der Waals surface area contributed by atoms with Gasteiger partial charge in [0, 0.05) is 0 Å². The van der Waals surface area contributed by atoms with Gasteiger partial charge in [-0.25, -0.2) is 8.42 Å². The van der Waals surface area contributed by atoms with Crippen LogP contribution >= 0.6 is 0 Å². The third-order valence-electron chi connectivity index (χ3n) is 3.72. The molecule has 2 rings (SSSR count). The van der Waals surface area contributed by atoms with E-state index < -0.39 is 35.0 Å². The van der Waals surface area contributed by atoms with Crippen molar-refractivity contribution >= 4 is 28.5 Å². The number of anilines is 1. The maximum absolute atomic E-state index is 12.1. The molecule has 0 atom stereocenters. The number of benzene rings is 1. The molecular formula is C18H25NO7S. The van der Waals surface area contributed by atoms with Gasteiger partial charge in [-0.05, 0) is 57.2 Å². The molecule has 0 unspecified atom stereocenters. The molecule has 1 aromatic carbocycles. The van der Waals surface area contributed by atoms with Crippen LogP contribution in [0.25, 0.3) is 0 Å². The molecule has 0 radical (unpaired) electrons. The summed E-state index contributed by atoms with van der Waals surface area (Å²) in [6.45, 7) is 4.98. The van der Waals surface area contributed by atoms with Crippen molar-refractivity contribution in [3.8, 4) is 5.75 Å². The average Bonchev–Trinajstić information content (AvgIpc) is 3.33. The first-order chi connectivity index (χ1) is 12.5. The molecule has 0 heterocycles. The Bertz CT molecular complexity index is 770. The van der Waals surface area contributed by atoms with Crippen LogP contribution in [0.1, 0.15) is 39.2 Å². The summed E-state index contributed by atoms with van der Waals surface area (Å²) in [5.74, 6) is -1.02. The van der Waals surface area contributed by atoms with Crippen LogP contribution in [0.3, 0.4) is 0 Å². The minimum Gasteiger partial charge on any atom is -0.491 e. The molecule has 1 saturated carbocycles. The molecule has 0 aliphatic heterocycles. The van der Waals surface area contributed by atoms with E-state index >= 15 is 0 Å². The summed E-state index contributed by atoms with van der Waals surface area (Å²) in [6.07, 6.45) is 1.85. The average molecular weight is 399 g/mol. The summed E-state index contributed by atoms with van der Waals surface area (Å²) in [5, 5.41) is 8.99. The lowest BCUT2D eigenvalue weighted by molar-refractivity contribution is -0.152. The van der Waals surface area contributed by atoms with Crippen LogP contribution in [-0.4, -0.2) is 44.2 Å². The van der Waals surface area contributed by atoms with Crippen molar-refractivity contribution in [3.05, 3.63) is 23.8 Å². The molecule has 1 N–H and O–H groups in total. The van der Waals surface area contributed by atoms with E-state index in [1.54, 1.807) is 26.8 Å². The van der Waals surface area contributed by atoms with E-state index in [9.17, 15) is 18.0 Å². The number of nitrogens with zero attached hydrogens (tertiary/aromatic N) is 1. The molecule has 9 heteroatoms. The molecule has 1 aromatic rings. The molecule has 150 valence electrons. The normalized spacial score (nSPS) is 14.1. The van der Waals surface area contributed by atoms with E-state index in [0.717, 1.165) is 17.1 Å². The lowest BCUT2D eigenvalue weighted by Crippen LogP contribution is -2.34. The Morgan fingerprint density at radius 3 is 2.44 bits per heavy atom. The second kappa shape index (κ2) is 8.60. The predicted molar refractivity (Wildman–Crippen MR) is 99.5 cm³/mol. The quantitative estimate of drug-likeness (QED) is 0.481. The van der Waals surface area contributed by atoms with Crippen LogP contribution in [0.5, 0.6) is 5.75 Å². The largest absolute Gasteiger partial charge is 0.491 e. The lowest BCUT2D eigenvalue weighted by atomic mass is 10.1. The Balaban J connectivity index is 2.31. The molecule has 27 heavy (non-hydrogen) atoms. The first-order valence-electron chi connectivity index (χ1n) is 8.66. The fourth-order valence-corrected chi connectivity index (χ4v) is 2.95. The molecule has 0 spiro atoms. The van der Waals surface area contributed by atoms with Crippen molar-refractivity contribution in [2.24, 2.45) is 5.92 Å². The van der Waals surface area contributed by atoms with Gasteiger partial charge in [0.25, 0.3) is 0 Å². The van der Waals surface area contributed by atoms with E-state index in [1.807, 2.05) is 0 Å². The summed E-state index contributed by atoms with van der Waals surface area (Å²) < 4.78 is 35.4. The van der Waals surface area contributed by atoms with Crippen LogP contribution < -0.4 is 9.04 Å². The number of carboxylic acids is 1. The van der Waals surface area contributed by atoms with Crippen molar-refractivity contribution in [2.45, 2.75) is 45.6 Å². The predicted octanol–water partition coefficient (Wildman–Crippen LogP) is 1.78. The standard InChI is InChI=1S/C18H25NO7S/c1-18(2,3)26-17(22)10-19(27(23)24)14-8-13(9-16(20)21)6-7-15(14)25-11-12-4-5-12/h6-8,12,27H,4-5,9-11H2,1-3H3,(H,20,21). The summed E-state index contributed by atoms with van der Waals surface area (Å²) in [7, 11) is -3.17. The van der Waals surface area contributed by atoms with Crippen molar-refractivity contribution in [2.75, 3.05) is 17.5 Å². The van der Waals surface area contributed by atoms with Gasteiger partial charge in [-0.3, -0.25) is 13.9 Å². The number of aliphatic carboxylic acids is 1. The number of carbonyl (C=O) groups is 2. The van der Waals surface area contributed by atoms with E-state index in [1.165, 1.54) is 12.1 Å². The molecule has 1 aliphatic carbocycles. The van der Waals surface area contributed by atoms with Gasteiger partial charge in [-0.2, -0.15) is 0 Å². The van der Waals surface area contributed by atoms with Gasteiger partial charge >= 0.3 is 11.9 Å². The van der Waals surface area contributed by atoms with E-state index in [2.05, 4.69) is 0 Å². The first kappa shape index (κ1) is 21.0. The number of thiol groups is 1. The zero-order chi connectivity index (χ0) is 20.2. The number of hydrogen-bond acceptors (Lipinski definition) is 6. The maximum atomic E-state index is 12.1. The van der Waals surface area contributed by atoms with Gasteiger partial charge in [0.15, 0.2) is 0 Å². The maximum Gasteiger partial charge on any atom is 0.327 e. The minimum absolute atomic E-state index is 0.136. The fourth-order valence-electron chi connectivity index (χ4n) is 2.39.